The van der Waals surface area contributed by atoms with Gasteiger partial charge >= 0.3 is 0 Å². The molecule has 0 bridgehead atoms. The maximum absolute atomic E-state index is 12.2. The van der Waals surface area contributed by atoms with Crippen LogP contribution in [0.1, 0.15) is 19.4 Å². The lowest BCUT2D eigenvalue weighted by Crippen LogP contribution is -2.30. The molecular weight excluding hydrogens is 326 g/mol. The van der Waals surface area contributed by atoms with E-state index in [1.54, 1.807) is 32.0 Å². The standard InChI is InChI=1S/C18H21NO4S/c1-4-24(21,22)17-10-8-15(9-11-17)19-18(20)14(3)23-16-7-5-6-13(2)12-16/h5-12,14H,4H2,1-3H3,(H,19,20). The van der Waals surface area contributed by atoms with Gasteiger partial charge in [-0.05, 0) is 55.8 Å². The van der Waals surface area contributed by atoms with Crippen LogP contribution in [0.5, 0.6) is 5.75 Å². The van der Waals surface area contributed by atoms with Gasteiger partial charge in [-0.25, -0.2) is 8.42 Å². The minimum absolute atomic E-state index is 0.0417. The van der Waals surface area contributed by atoms with Crippen LogP contribution >= 0.6 is 0 Å². The highest BCUT2D eigenvalue weighted by molar-refractivity contribution is 7.91. The largest absolute Gasteiger partial charge is 0.481 e. The third-order valence-electron chi connectivity index (χ3n) is 3.53. The van der Waals surface area contributed by atoms with Gasteiger partial charge in [0.1, 0.15) is 5.75 Å². The maximum atomic E-state index is 12.2. The van der Waals surface area contributed by atoms with E-state index in [1.807, 2.05) is 25.1 Å². The smallest absolute Gasteiger partial charge is 0.265 e. The second-order valence-electron chi connectivity index (χ2n) is 5.49. The molecule has 1 N–H and O–H groups in total. The Morgan fingerprint density at radius 2 is 1.83 bits per heavy atom. The molecule has 0 radical (unpaired) electrons. The van der Waals surface area contributed by atoms with Gasteiger partial charge < -0.3 is 10.1 Å². The summed E-state index contributed by atoms with van der Waals surface area (Å²) in [6.07, 6.45) is -0.675. The van der Waals surface area contributed by atoms with Gasteiger partial charge in [-0.3, -0.25) is 4.79 Å². The number of sulfone groups is 1. The molecule has 0 aromatic heterocycles. The van der Waals surface area contributed by atoms with Gasteiger partial charge in [0.25, 0.3) is 5.91 Å². The van der Waals surface area contributed by atoms with Gasteiger partial charge in [-0.2, -0.15) is 0 Å². The van der Waals surface area contributed by atoms with Gasteiger partial charge in [0.15, 0.2) is 15.9 Å². The summed E-state index contributed by atoms with van der Waals surface area (Å²) in [6, 6.07) is 13.6. The van der Waals surface area contributed by atoms with Crippen molar-refractivity contribution in [3.05, 3.63) is 54.1 Å². The fraction of sp³-hybridized carbons (Fsp3) is 0.278. The Labute approximate surface area is 142 Å². The van der Waals surface area contributed by atoms with Crippen LogP contribution in [-0.2, 0) is 14.6 Å². The Kier molecular flexibility index (Phi) is 5.62. The van der Waals surface area contributed by atoms with Crippen LogP contribution in [0.2, 0.25) is 0 Å². The molecule has 1 amide bonds. The molecule has 0 spiro atoms. The summed E-state index contributed by atoms with van der Waals surface area (Å²) in [5.41, 5.74) is 1.57. The van der Waals surface area contributed by atoms with Crippen molar-refractivity contribution in [2.75, 3.05) is 11.1 Å². The van der Waals surface area contributed by atoms with Crippen molar-refractivity contribution < 1.29 is 17.9 Å². The Morgan fingerprint density at radius 1 is 1.17 bits per heavy atom. The molecule has 1 unspecified atom stereocenters. The number of rotatable bonds is 6. The highest BCUT2D eigenvalue weighted by Crippen LogP contribution is 2.17. The lowest BCUT2D eigenvalue weighted by molar-refractivity contribution is -0.122. The fourth-order valence-corrected chi connectivity index (χ4v) is 2.99. The predicted octanol–water partition coefficient (Wildman–Crippen LogP) is 3.19. The Bertz CT molecular complexity index is 813. The third kappa shape index (κ3) is 4.58. The van der Waals surface area contributed by atoms with Gasteiger partial charge in [0.05, 0.1) is 10.6 Å². The number of carbonyl (C=O) groups excluding carboxylic acids is 1. The zero-order valence-corrected chi connectivity index (χ0v) is 14.8. The first kappa shape index (κ1) is 18.0. The molecule has 2 rings (SSSR count). The van der Waals surface area contributed by atoms with E-state index < -0.39 is 15.9 Å². The van der Waals surface area contributed by atoms with Gasteiger partial charge in [0.2, 0.25) is 0 Å². The van der Waals surface area contributed by atoms with E-state index in [2.05, 4.69) is 5.32 Å². The maximum Gasteiger partial charge on any atom is 0.265 e. The van der Waals surface area contributed by atoms with Gasteiger partial charge in [-0.15, -0.1) is 0 Å². The summed E-state index contributed by atoms with van der Waals surface area (Å²) in [5.74, 6) is 0.365. The first-order valence-electron chi connectivity index (χ1n) is 7.69. The van der Waals surface area contributed by atoms with Crippen LogP contribution in [0.3, 0.4) is 0 Å². The van der Waals surface area contributed by atoms with Crippen LogP contribution in [-0.4, -0.2) is 26.2 Å². The second kappa shape index (κ2) is 7.49. The number of aryl methyl sites for hydroxylation is 1. The minimum atomic E-state index is -3.24. The summed E-state index contributed by atoms with van der Waals surface area (Å²) in [5, 5.41) is 2.71. The number of hydrogen-bond acceptors (Lipinski definition) is 4. The molecule has 0 aliphatic rings. The van der Waals surface area contributed by atoms with Crippen LogP contribution in [0.25, 0.3) is 0 Å². The first-order chi connectivity index (χ1) is 11.3. The normalized spacial score (nSPS) is 12.5. The number of anilines is 1. The predicted molar refractivity (Wildman–Crippen MR) is 94.1 cm³/mol. The molecule has 128 valence electrons. The van der Waals surface area contributed by atoms with E-state index >= 15 is 0 Å². The second-order valence-corrected chi connectivity index (χ2v) is 7.77. The molecule has 5 nitrogen and oxygen atoms in total. The van der Waals surface area contributed by atoms with E-state index in [-0.39, 0.29) is 16.6 Å². The molecule has 0 aliphatic carbocycles. The Morgan fingerprint density at radius 3 is 2.42 bits per heavy atom. The van der Waals surface area contributed by atoms with Crippen LogP contribution in [0, 0.1) is 6.92 Å². The van der Waals surface area contributed by atoms with Gasteiger partial charge in [0, 0.05) is 5.69 Å². The number of ether oxygens (including phenoxy) is 1. The lowest BCUT2D eigenvalue weighted by Gasteiger charge is -2.15. The van der Waals surface area contributed by atoms with E-state index in [0.717, 1.165) is 5.56 Å². The number of hydrogen-bond donors (Lipinski definition) is 1. The van der Waals surface area contributed by atoms with Crippen molar-refractivity contribution in [1.29, 1.82) is 0 Å². The number of nitrogens with one attached hydrogen (secondary N) is 1. The van der Waals surface area contributed by atoms with Crippen molar-refractivity contribution in [3.8, 4) is 5.75 Å². The summed E-state index contributed by atoms with van der Waals surface area (Å²) >= 11 is 0. The van der Waals surface area contributed by atoms with Gasteiger partial charge in [-0.1, -0.05) is 19.1 Å². The van der Waals surface area contributed by atoms with Crippen molar-refractivity contribution in [2.45, 2.75) is 31.8 Å². The highest BCUT2D eigenvalue weighted by atomic mass is 32.2. The third-order valence-corrected chi connectivity index (χ3v) is 5.28. The molecule has 6 heteroatoms. The Balaban J connectivity index is 2.01. The molecule has 0 saturated carbocycles. The molecule has 0 aliphatic heterocycles. The van der Waals surface area contributed by atoms with Crippen LogP contribution in [0.4, 0.5) is 5.69 Å². The zero-order chi connectivity index (χ0) is 17.7. The molecule has 2 aromatic rings. The molecule has 0 fully saturated rings. The topological polar surface area (TPSA) is 72.5 Å². The van der Waals surface area contributed by atoms with Crippen molar-refractivity contribution in [2.24, 2.45) is 0 Å². The summed E-state index contributed by atoms with van der Waals surface area (Å²) in [6.45, 7) is 5.20. The summed E-state index contributed by atoms with van der Waals surface area (Å²) in [7, 11) is -3.24. The molecule has 0 heterocycles. The summed E-state index contributed by atoms with van der Waals surface area (Å²) < 4.78 is 29.1. The average molecular weight is 347 g/mol. The van der Waals surface area contributed by atoms with E-state index in [9.17, 15) is 13.2 Å². The quantitative estimate of drug-likeness (QED) is 0.871. The SMILES string of the molecule is CCS(=O)(=O)c1ccc(NC(=O)C(C)Oc2cccc(C)c2)cc1. The van der Waals surface area contributed by atoms with Crippen LogP contribution in [0.15, 0.2) is 53.4 Å². The molecule has 2 aromatic carbocycles. The molecule has 0 saturated heterocycles. The highest BCUT2D eigenvalue weighted by Gasteiger charge is 2.16. The van der Waals surface area contributed by atoms with E-state index in [0.29, 0.717) is 11.4 Å². The molecule has 24 heavy (non-hydrogen) atoms. The molecular formula is C18H21NO4S. The number of amides is 1. The first-order valence-corrected chi connectivity index (χ1v) is 9.34. The van der Waals surface area contributed by atoms with E-state index in [4.69, 9.17) is 4.74 Å². The monoisotopic (exact) mass is 347 g/mol. The number of benzene rings is 2. The van der Waals surface area contributed by atoms with Crippen molar-refractivity contribution >= 4 is 21.4 Å². The van der Waals surface area contributed by atoms with Crippen molar-refractivity contribution in [1.82, 2.24) is 0 Å². The van der Waals surface area contributed by atoms with E-state index in [1.165, 1.54) is 12.1 Å². The fourth-order valence-electron chi connectivity index (χ4n) is 2.10. The zero-order valence-electron chi connectivity index (χ0n) is 13.9. The average Bonchev–Trinajstić information content (AvgIpc) is 2.55. The molecule has 1 atom stereocenters. The van der Waals surface area contributed by atoms with Crippen LogP contribution < -0.4 is 10.1 Å². The summed E-state index contributed by atoms with van der Waals surface area (Å²) in [4.78, 5) is 12.4. The Hall–Kier alpha value is -2.34. The minimum Gasteiger partial charge on any atom is -0.481 e. The van der Waals surface area contributed by atoms with Crippen molar-refractivity contribution in [3.63, 3.8) is 0 Å². The lowest BCUT2D eigenvalue weighted by atomic mass is 10.2. The number of carbonyl (C=O) groups is 1.